The highest BCUT2D eigenvalue weighted by atomic mass is 35.5. The van der Waals surface area contributed by atoms with E-state index in [1.165, 1.54) is 18.4 Å². The number of rotatable bonds is 5. The molecule has 1 heterocycles. The van der Waals surface area contributed by atoms with Gasteiger partial charge in [0, 0.05) is 12.1 Å². The van der Waals surface area contributed by atoms with Crippen LogP contribution in [0.5, 0.6) is 0 Å². The molecule has 110 valence electrons. The van der Waals surface area contributed by atoms with E-state index < -0.39 is 16.9 Å². The third-order valence-corrected chi connectivity index (χ3v) is 3.10. The Bertz CT molecular complexity index is 657. The van der Waals surface area contributed by atoms with Gasteiger partial charge in [-0.25, -0.2) is 0 Å². The topological polar surface area (TPSA) is 106 Å². The Morgan fingerprint density at radius 1 is 1.48 bits per heavy atom. The smallest absolute Gasteiger partial charge is 0.270 e. The van der Waals surface area contributed by atoms with Crippen molar-refractivity contribution in [1.82, 2.24) is 5.32 Å². The normalized spacial score (nSPS) is 11.9. The number of nitrogens with one attached hydrogen (secondary N) is 1. The number of aliphatic hydroxyl groups excluding tert-OH is 1. The third kappa shape index (κ3) is 3.39. The molecule has 1 aromatic carbocycles. The van der Waals surface area contributed by atoms with E-state index >= 15 is 0 Å². The molecule has 0 aliphatic carbocycles. The molecule has 7 nitrogen and oxygen atoms in total. The Balaban J connectivity index is 2.18. The average Bonchev–Trinajstić information content (AvgIpc) is 2.98. The number of hydrogen-bond donors (Lipinski definition) is 2. The summed E-state index contributed by atoms with van der Waals surface area (Å²) in [6.45, 7) is -0.357. The van der Waals surface area contributed by atoms with Gasteiger partial charge in [-0.1, -0.05) is 11.6 Å². The second kappa shape index (κ2) is 6.38. The van der Waals surface area contributed by atoms with Crippen LogP contribution in [0.3, 0.4) is 0 Å². The Kier molecular flexibility index (Phi) is 4.56. The number of furan rings is 1. The van der Waals surface area contributed by atoms with Crippen molar-refractivity contribution in [3.63, 3.8) is 0 Å². The second-order valence-corrected chi connectivity index (χ2v) is 4.55. The van der Waals surface area contributed by atoms with Gasteiger partial charge in [-0.15, -0.1) is 0 Å². The molecule has 0 radical (unpaired) electrons. The second-order valence-electron chi connectivity index (χ2n) is 4.15. The maximum Gasteiger partial charge on any atom is 0.270 e. The highest BCUT2D eigenvalue weighted by Gasteiger charge is 2.20. The predicted octanol–water partition coefficient (Wildman–Crippen LogP) is 2.30. The van der Waals surface area contributed by atoms with E-state index in [0.29, 0.717) is 5.76 Å². The number of nitro groups is 1. The quantitative estimate of drug-likeness (QED) is 0.651. The van der Waals surface area contributed by atoms with Gasteiger partial charge in [0.15, 0.2) is 0 Å². The van der Waals surface area contributed by atoms with Crippen molar-refractivity contribution in [3.05, 3.63) is 63.1 Å². The molecule has 0 saturated heterocycles. The fourth-order valence-corrected chi connectivity index (χ4v) is 1.99. The number of halogens is 1. The first kappa shape index (κ1) is 15.0. The number of hydrogen-bond acceptors (Lipinski definition) is 5. The lowest BCUT2D eigenvalue weighted by Gasteiger charge is -2.14. The summed E-state index contributed by atoms with van der Waals surface area (Å²) in [5.74, 6) is -0.172. The number of benzene rings is 1. The summed E-state index contributed by atoms with van der Waals surface area (Å²) < 4.78 is 5.11. The van der Waals surface area contributed by atoms with E-state index in [2.05, 4.69) is 5.32 Å². The molecule has 21 heavy (non-hydrogen) atoms. The Hall–Kier alpha value is -2.38. The van der Waals surface area contributed by atoms with Crippen molar-refractivity contribution in [2.45, 2.75) is 6.04 Å². The molecule has 0 bridgehead atoms. The number of carbonyl (C=O) groups is 1. The zero-order valence-corrected chi connectivity index (χ0v) is 11.4. The van der Waals surface area contributed by atoms with E-state index in [1.807, 2.05) is 0 Å². The highest BCUT2D eigenvalue weighted by molar-refractivity contribution is 6.34. The molecule has 1 amide bonds. The third-order valence-electron chi connectivity index (χ3n) is 2.78. The van der Waals surface area contributed by atoms with Gasteiger partial charge in [0.2, 0.25) is 0 Å². The van der Waals surface area contributed by atoms with Crippen LogP contribution >= 0.6 is 11.6 Å². The minimum absolute atomic E-state index is 0.0437. The van der Waals surface area contributed by atoms with Crippen molar-refractivity contribution in [3.8, 4) is 0 Å². The molecule has 0 saturated carbocycles. The first-order valence-electron chi connectivity index (χ1n) is 5.92. The number of aliphatic hydroxyl groups is 1. The summed E-state index contributed by atoms with van der Waals surface area (Å²) in [4.78, 5) is 22.1. The summed E-state index contributed by atoms with van der Waals surface area (Å²) in [5.41, 5.74) is -0.131. The molecule has 2 aromatic rings. The van der Waals surface area contributed by atoms with Crippen molar-refractivity contribution in [2.75, 3.05) is 6.61 Å². The molecule has 0 spiro atoms. The number of nitrogens with zero attached hydrogens (tertiary/aromatic N) is 1. The van der Waals surface area contributed by atoms with Crippen LogP contribution < -0.4 is 5.32 Å². The predicted molar refractivity (Wildman–Crippen MR) is 74.1 cm³/mol. The first-order chi connectivity index (χ1) is 10.0. The standard InChI is InChI=1S/C13H11ClN2O5/c14-10-6-8(16(19)20)3-4-9(10)13(18)15-11(7-17)12-2-1-5-21-12/h1-6,11,17H,7H2,(H,15,18). The molecule has 2 N–H and O–H groups in total. The molecular formula is C13H11ClN2O5. The Labute approximate surface area is 124 Å². The van der Waals surface area contributed by atoms with Crippen LogP contribution in [0.1, 0.15) is 22.2 Å². The van der Waals surface area contributed by atoms with Crippen LogP contribution in [0.2, 0.25) is 5.02 Å². The lowest BCUT2D eigenvalue weighted by atomic mass is 10.1. The molecule has 0 aliphatic rings. The maximum atomic E-state index is 12.1. The van der Waals surface area contributed by atoms with Crippen LogP contribution in [0.15, 0.2) is 41.0 Å². The van der Waals surface area contributed by atoms with Crippen molar-refractivity contribution < 1.29 is 19.2 Å². The SMILES string of the molecule is O=C(NC(CO)c1ccco1)c1ccc([N+](=O)[O-])cc1Cl. The molecule has 2 rings (SSSR count). The largest absolute Gasteiger partial charge is 0.467 e. The average molecular weight is 311 g/mol. The van der Waals surface area contributed by atoms with Gasteiger partial charge in [-0.2, -0.15) is 0 Å². The number of amides is 1. The van der Waals surface area contributed by atoms with Gasteiger partial charge in [0.1, 0.15) is 11.8 Å². The van der Waals surface area contributed by atoms with Gasteiger partial charge in [-0.05, 0) is 18.2 Å². The molecule has 0 aliphatic heterocycles. The molecular weight excluding hydrogens is 300 g/mol. The number of nitro benzene ring substituents is 1. The highest BCUT2D eigenvalue weighted by Crippen LogP contribution is 2.23. The number of non-ortho nitro benzene ring substituents is 1. The molecule has 1 unspecified atom stereocenters. The zero-order valence-electron chi connectivity index (χ0n) is 10.7. The maximum absolute atomic E-state index is 12.1. The first-order valence-corrected chi connectivity index (χ1v) is 6.29. The Morgan fingerprint density at radius 3 is 2.76 bits per heavy atom. The monoisotopic (exact) mass is 310 g/mol. The van der Waals surface area contributed by atoms with Gasteiger partial charge in [0.25, 0.3) is 11.6 Å². The van der Waals surface area contributed by atoms with Crippen LogP contribution in [0, 0.1) is 10.1 Å². The van der Waals surface area contributed by atoms with Crippen molar-refractivity contribution in [2.24, 2.45) is 0 Å². The van der Waals surface area contributed by atoms with Crippen molar-refractivity contribution in [1.29, 1.82) is 0 Å². The van der Waals surface area contributed by atoms with Crippen LogP contribution in [-0.4, -0.2) is 22.5 Å². The number of carbonyl (C=O) groups excluding carboxylic acids is 1. The minimum Gasteiger partial charge on any atom is -0.467 e. The van der Waals surface area contributed by atoms with Gasteiger partial charge >= 0.3 is 0 Å². The summed E-state index contributed by atoms with van der Waals surface area (Å²) >= 11 is 5.87. The fourth-order valence-electron chi connectivity index (χ4n) is 1.73. The van der Waals surface area contributed by atoms with Crippen molar-refractivity contribution >= 4 is 23.2 Å². The zero-order chi connectivity index (χ0) is 15.4. The molecule has 1 atom stereocenters. The fraction of sp³-hybridized carbons (Fsp3) is 0.154. The van der Waals surface area contributed by atoms with E-state index in [4.69, 9.17) is 16.0 Å². The minimum atomic E-state index is -0.723. The molecule has 0 fully saturated rings. The van der Waals surface area contributed by atoms with E-state index in [-0.39, 0.29) is 22.9 Å². The van der Waals surface area contributed by atoms with Gasteiger partial charge < -0.3 is 14.8 Å². The summed E-state index contributed by atoms with van der Waals surface area (Å²) in [6, 6.07) is 6.05. The molecule has 1 aromatic heterocycles. The van der Waals surface area contributed by atoms with E-state index in [1.54, 1.807) is 12.1 Å². The van der Waals surface area contributed by atoms with Gasteiger partial charge in [-0.3, -0.25) is 14.9 Å². The summed E-state index contributed by atoms with van der Waals surface area (Å²) in [6.07, 6.45) is 1.42. The summed E-state index contributed by atoms with van der Waals surface area (Å²) in [5, 5.41) is 22.4. The lowest BCUT2D eigenvalue weighted by Crippen LogP contribution is -2.30. The van der Waals surface area contributed by atoms with Gasteiger partial charge in [0.05, 0.1) is 28.4 Å². The van der Waals surface area contributed by atoms with E-state index in [0.717, 1.165) is 6.07 Å². The van der Waals surface area contributed by atoms with Crippen LogP contribution in [0.4, 0.5) is 5.69 Å². The Morgan fingerprint density at radius 2 is 2.24 bits per heavy atom. The summed E-state index contributed by atoms with van der Waals surface area (Å²) in [7, 11) is 0. The van der Waals surface area contributed by atoms with E-state index in [9.17, 15) is 20.0 Å². The lowest BCUT2D eigenvalue weighted by molar-refractivity contribution is -0.384. The van der Waals surface area contributed by atoms with Crippen LogP contribution in [-0.2, 0) is 0 Å². The molecule has 8 heteroatoms. The van der Waals surface area contributed by atoms with Crippen LogP contribution in [0.25, 0.3) is 0 Å².